The van der Waals surface area contributed by atoms with E-state index in [9.17, 15) is 4.79 Å². The van der Waals surface area contributed by atoms with Gasteiger partial charge in [-0.15, -0.1) is 0 Å². The Morgan fingerprint density at radius 1 is 1.15 bits per heavy atom. The summed E-state index contributed by atoms with van der Waals surface area (Å²) < 4.78 is 5.11. The molecule has 0 saturated heterocycles. The normalized spacial score (nSPS) is 31.4. The van der Waals surface area contributed by atoms with Crippen LogP contribution in [0.25, 0.3) is 10.9 Å². The van der Waals surface area contributed by atoms with Crippen molar-refractivity contribution in [2.24, 2.45) is 17.8 Å². The molecule has 27 heavy (non-hydrogen) atoms. The molecule has 1 heterocycles. The lowest BCUT2D eigenvalue weighted by molar-refractivity contribution is -0.753. The van der Waals surface area contributed by atoms with Gasteiger partial charge >= 0.3 is 5.97 Å². The van der Waals surface area contributed by atoms with E-state index >= 15 is 0 Å². The van der Waals surface area contributed by atoms with Crippen LogP contribution in [0.15, 0.2) is 24.3 Å². The number of fused-ring (bicyclic) bond motifs is 1. The number of carbonyl (C=O) groups excluding carboxylic acids is 1. The third-order valence-electron chi connectivity index (χ3n) is 7.43. The minimum absolute atomic E-state index is 0.264. The minimum atomic E-state index is -0.264. The monoisotopic (exact) mass is 365 g/mol. The van der Waals surface area contributed by atoms with Crippen LogP contribution in [-0.2, 0) is 11.3 Å². The highest BCUT2D eigenvalue weighted by Gasteiger charge is 2.53. The average Bonchev–Trinajstić information content (AvgIpc) is 2.65. The lowest BCUT2D eigenvalue weighted by Crippen LogP contribution is -2.97. The number of aryl methyl sites for hydroxylation is 1. The maximum absolute atomic E-state index is 12.5. The zero-order valence-electron chi connectivity index (χ0n) is 16.3. The van der Waals surface area contributed by atoms with Gasteiger partial charge in [0.2, 0.25) is 0 Å². The molecule has 0 atom stereocenters. The maximum atomic E-state index is 12.5. The summed E-state index contributed by atoms with van der Waals surface area (Å²) in [5.74, 6) is 2.52. The van der Waals surface area contributed by atoms with Crippen LogP contribution in [0.4, 0.5) is 0 Å². The highest BCUT2D eigenvalue weighted by Crippen LogP contribution is 2.54. The number of quaternary nitrogens is 1. The number of hydrogen-bond donors (Lipinski definition) is 1. The van der Waals surface area contributed by atoms with Crippen molar-refractivity contribution in [3.63, 3.8) is 0 Å². The van der Waals surface area contributed by atoms with E-state index in [1.54, 1.807) is 0 Å². The maximum Gasteiger partial charge on any atom is 0.340 e. The summed E-state index contributed by atoms with van der Waals surface area (Å²) in [5, 5.41) is 3.57. The Labute approximate surface area is 160 Å². The summed E-state index contributed by atoms with van der Waals surface area (Å²) in [6.07, 6.45) is 8.40. The molecule has 142 valence electrons. The zero-order valence-corrected chi connectivity index (χ0v) is 16.3. The lowest BCUT2D eigenvalue weighted by atomic mass is 9.53. The fourth-order valence-corrected chi connectivity index (χ4v) is 6.70. The van der Waals surface area contributed by atoms with Gasteiger partial charge in [-0.2, -0.15) is 0 Å². The van der Waals surface area contributed by atoms with Gasteiger partial charge in [-0.3, -0.25) is 0 Å². The summed E-state index contributed by atoms with van der Waals surface area (Å²) >= 11 is 0. The van der Waals surface area contributed by atoms with E-state index in [0.29, 0.717) is 11.1 Å². The van der Waals surface area contributed by atoms with E-state index in [4.69, 9.17) is 9.72 Å². The molecule has 0 radical (unpaired) electrons. The molecular weight excluding hydrogens is 336 g/mol. The topological polar surface area (TPSA) is 55.8 Å². The highest BCUT2D eigenvalue weighted by molar-refractivity contribution is 5.98. The molecule has 2 N–H and O–H groups in total. The summed E-state index contributed by atoms with van der Waals surface area (Å²) in [4.78, 5) is 17.4. The Kier molecular flexibility index (Phi) is 4.01. The summed E-state index contributed by atoms with van der Waals surface area (Å²) in [7, 11) is 1.46. The van der Waals surface area contributed by atoms with Crippen molar-refractivity contribution in [1.82, 2.24) is 4.98 Å². The van der Waals surface area contributed by atoms with Crippen LogP contribution in [0.5, 0.6) is 0 Å². The predicted octanol–water partition coefficient (Wildman–Crippen LogP) is 3.36. The Hall–Kier alpha value is -1.94. The number of carbonyl (C=O) groups is 1. The van der Waals surface area contributed by atoms with E-state index in [1.165, 1.54) is 45.6 Å². The number of pyridine rings is 1. The second kappa shape index (κ2) is 6.30. The third-order valence-corrected chi connectivity index (χ3v) is 7.43. The number of rotatable bonds is 4. The Morgan fingerprint density at radius 2 is 1.78 bits per heavy atom. The van der Waals surface area contributed by atoms with Crippen molar-refractivity contribution in [1.29, 1.82) is 0 Å². The van der Waals surface area contributed by atoms with Gasteiger partial charge in [-0.1, -0.05) is 18.2 Å². The number of methoxy groups -OCH3 is 1. The van der Waals surface area contributed by atoms with Crippen molar-refractivity contribution < 1.29 is 14.8 Å². The van der Waals surface area contributed by atoms with E-state index in [-0.39, 0.29) is 5.97 Å². The number of hydrogen-bond acceptors (Lipinski definition) is 3. The first kappa shape index (κ1) is 17.2. The van der Waals surface area contributed by atoms with Gasteiger partial charge in [0.05, 0.1) is 23.7 Å². The molecule has 1 aromatic heterocycles. The average molecular weight is 365 g/mol. The molecule has 4 bridgehead atoms. The van der Waals surface area contributed by atoms with Crippen molar-refractivity contribution >= 4 is 16.9 Å². The van der Waals surface area contributed by atoms with E-state index in [0.717, 1.165) is 46.5 Å². The molecule has 4 heteroatoms. The predicted molar refractivity (Wildman–Crippen MR) is 104 cm³/mol. The molecule has 0 spiro atoms. The second-order valence-electron chi connectivity index (χ2n) is 9.26. The van der Waals surface area contributed by atoms with Crippen molar-refractivity contribution in [3.8, 4) is 0 Å². The fourth-order valence-electron chi connectivity index (χ4n) is 6.70. The zero-order chi connectivity index (χ0) is 18.6. The third kappa shape index (κ3) is 2.85. The standard InChI is InChI=1S/C23H28N2O2/c1-14-18-5-3-4-6-19(18)25-20(21(14)22(26)27-2)13-24-23-10-15-7-16(11-23)9-17(8-15)12-23/h3-6,15-17,24H,7-13H2,1-2H3/p+1. The van der Waals surface area contributed by atoms with Gasteiger partial charge in [0.25, 0.3) is 0 Å². The molecule has 4 saturated carbocycles. The van der Waals surface area contributed by atoms with Gasteiger partial charge in [0.15, 0.2) is 0 Å². The molecule has 6 rings (SSSR count). The van der Waals surface area contributed by atoms with E-state index in [2.05, 4.69) is 5.32 Å². The van der Waals surface area contributed by atoms with Crippen LogP contribution >= 0.6 is 0 Å². The molecule has 0 aliphatic heterocycles. The quantitative estimate of drug-likeness (QED) is 0.845. The molecule has 4 aliphatic carbocycles. The Balaban J connectivity index is 1.48. The first-order chi connectivity index (χ1) is 13.1. The number of benzene rings is 1. The molecule has 4 fully saturated rings. The van der Waals surface area contributed by atoms with Gasteiger partial charge in [-0.25, -0.2) is 9.78 Å². The van der Waals surface area contributed by atoms with Crippen LogP contribution in [-0.4, -0.2) is 23.6 Å². The van der Waals surface area contributed by atoms with Gasteiger partial charge in [0, 0.05) is 24.6 Å². The molecular formula is C23H29N2O2+. The largest absolute Gasteiger partial charge is 0.465 e. The van der Waals surface area contributed by atoms with Crippen molar-refractivity contribution in [3.05, 3.63) is 41.1 Å². The summed E-state index contributed by atoms with van der Waals surface area (Å²) in [6, 6.07) is 8.09. The van der Waals surface area contributed by atoms with Crippen LogP contribution in [0, 0.1) is 24.7 Å². The number of aromatic nitrogens is 1. The van der Waals surface area contributed by atoms with Crippen molar-refractivity contribution in [2.45, 2.75) is 57.5 Å². The molecule has 0 amide bonds. The smallest absolute Gasteiger partial charge is 0.340 e. The lowest BCUT2D eigenvalue weighted by Gasteiger charge is -2.54. The number of nitrogens with two attached hydrogens (primary N) is 1. The SMILES string of the molecule is COC(=O)c1c(C[NH2+]C23CC4CC(CC(C4)C2)C3)nc2ccccc2c1C. The number of esters is 1. The van der Waals surface area contributed by atoms with Gasteiger partial charge < -0.3 is 10.1 Å². The molecule has 4 nitrogen and oxygen atoms in total. The summed E-state index contributed by atoms with van der Waals surface area (Å²) in [5.41, 5.74) is 3.88. The van der Waals surface area contributed by atoms with Gasteiger partial charge in [0.1, 0.15) is 12.2 Å². The highest BCUT2D eigenvalue weighted by atomic mass is 16.5. The first-order valence-electron chi connectivity index (χ1n) is 10.4. The van der Waals surface area contributed by atoms with Gasteiger partial charge in [-0.05, 0) is 55.6 Å². The molecule has 0 unspecified atom stereocenters. The Morgan fingerprint density at radius 3 is 2.41 bits per heavy atom. The molecule has 2 aromatic rings. The number of para-hydroxylation sites is 1. The second-order valence-corrected chi connectivity index (χ2v) is 9.26. The molecule has 1 aromatic carbocycles. The first-order valence-corrected chi connectivity index (χ1v) is 10.4. The van der Waals surface area contributed by atoms with Crippen LogP contribution < -0.4 is 5.32 Å². The van der Waals surface area contributed by atoms with Crippen LogP contribution in [0.3, 0.4) is 0 Å². The summed E-state index contributed by atoms with van der Waals surface area (Å²) in [6.45, 7) is 2.78. The number of ether oxygens (including phenoxy) is 1. The molecule has 4 aliphatic rings. The fraction of sp³-hybridized carbons (Fsp3) is 0.565. The number of nitrogens with zero attached hydrogens (tertiary/aromatic N) is 1. The van der Waals surface area contributed by atoms with Crippen LogP contribution in [0.1, 0.15) is 60.1 Å². The minimum Gasteiger partial charge on any atom is -0.465 e. The van der Waals surface area contributed by atoms with Crippen molar-refractivity contribution in [2.75, 3.05) is 7.11 Å². The van der Waals surface area contributed by atoms with E-state index < -0.39 is 0 Å². The Bertz CT molecular complexity index is 869. The van der Waals surface area contributed by atoms with E-state index in [1.807, 2.05) is 31.2 Å². The van der Waals surface area contributed by atoms with Crippen LogP contribution in [0.2, 0.25) is 0 Å².